The van der Waals surface area contributed by atoms with Crippen molar-refractivity contribution in [3.8, 4) is 11.3 Å². The zero-order valence-electron chi connectivity index (χ0n) is 17.3. The molecule has 4 rings (SSSR count). The van der Waals surface area contributed by atoms with E-state index in [1.807, 2.05) is 5.32 Å². The van der Waals surface area contributed by atoms with Crippen LogP contribution in [0.1, 0.15) is 16.7 Å². The van der Waals surface area contributed by atoms with Crippen molar-refractivity contribution in [2.75, 3.05) is 10.6 Å². The molecule has 0 unspecified atom stereocenters. The molecule has 34 heavy (non-hydrogen) atoms. The molecule has 176 valence electrons. The number of fused-ring (bicyclic) bond motifs is 1. The molecular formula is C22H15F6N5O. The van der Waals surface area contributed by atoms with Gasteiger partial charge in [-0.05, 0) is 42.8 Å². The number of alkyl halides is 6. The highest BCUT2D eigenvalue weighted by molar-refractivity contribution is 6.00. The summed E-state index contributed by atoms with van der Waals surface area (Å²) < 4.78 is 80.0. The molecule has 0 fully saturated rings. The number of amides is 2. The third-order valence-corrected chi connectivity index (χ3v) is 4.86. The average molecular weight is 479 g/mol. The second-order valence-electron chi connectivity index (χ2n) is 7.36. The summed E-state index contributed by atoms with van der Waals surface area (Å²) >= 11 is 0. The molecule has 6 nitrogen and oxygen atoms in total. The monoisotopic (exact) mass is 479 g/mol. The first-order valence-electron chi connectivity index (χ1n) is 9.68. The Morgan fingerprint density at radius 3 is 2.24 bits per heavy atom. The van der Waals surface area contributed by atoms with Crippen LogP contribution in [-0.4, -0.2) is 20.4 Å². The summed E-state index contributed by atoms with van der Waals surface area (Å²) in [7, 11) is 0. The van der Waals surface area contributed by atoms with E-state index in [1.54, 1.807) is 54.2 Å². The minimum Gasteiger partial charge on any atom is -0.308 e. The first-order chi connectivity index (χ1) is 15.9. The lowest BCUT2D eigenvalue weighted by molar-refractivity contribution is -0.143. The lowest BCUT2D eigenvalue weighted by atomic mass is 10.1. The molecule has 12 heteroatoms. The van der Waals surface area contributed by atoms with Crippen LogP contribution in [0, 0.1) is 6.92 Å². The molecule has 0 saturated carbocycles. The fourth-order valence-corrected chi connectivity index (χ4v) is 3.20. The molecule has 0 aliphatic carbocycles. The number of rotatable bonds is 3. The van der Waals surface area contributed by atoms with Gasteiger partial charge in [-0.3, -0.25) is 4.40 Å². The number of urea groups is 1. The van der Waals surface area contributed by atoms with Crippen molar-refractivity contribution >= 4 is 23.2 Å². The average Bonchev–Trinajstić information content (AvgIpc) is 3.18. The number of carbonyl (C=O) groups is 1. The van der Waals surface area contributed by atoms with Crippen LogP contribution in [-0.2, 0) is 12.4 Å². The van der Waals surface area contributed by atoms with Gasteiger partial charge < -0.3 is 10.6 Å². The molecule has 0 aliphatic rings. The molecule has 2 aromatic heterocycles. The highest BCUT2D eigenvalue weighted by Crippen LogP contribution is 2.37. The van der Waals surface area contributed by atoms with Gasteiger partial charge in [0.25, 0.3) is 0 Å². The maximum Gasteiger partial charge on any atom is 0.416 e. The van der Waals surface area contributed by atoms with E-state index in [4.69, 9.17) is 0 Å². The van der Waals surface area contributed by atoms with E-state index in [1.165, 1.54) is 0 Å². The first kappa shape index (κ1) is 23.1. The predicted molar refractivity (Wildman–Crippen MR) is 112 cm³/mol. The SMILES string of the molecule is Cc1ccc(-c2cn3cccnc3n2)cc1NC(=O)Nc1cc(C(F)(F)F)cc(C(F)(F)F)c1. The summed E-state index contributed by atoms with van der Waals surface area (Å²) in [5, 5.41) is 4.50. The molecule has 4 aromatic rings. The summed E-state index contributed by atoms with van der Waals surface area (Å²) in [6, 6.07) is 6.60. The van der Waals surface area contributed by atoms with Crippen LogP contribution in [0.2, 0.25) is 0 Å². The number of hydrogen-bond donors (Lipinski definition) is 2. The molecule has 0 aliphatic heterocycles. The highest BCUT2D eigenvalue weighted by Gasteiger charge is 2.37. The Bertz CT molecular complexity index is 1310. The minimum absolute atomic E-state index is 0.0135. The van der Waals surface area contributed by atoms with Crippen LogP contribution < -0.4 is 10.6 Å². The van der Waals surface area contributed by atoms with E-state index in [0.29, 0.717) is 40.4 Å². The van der Waals surface area contributed by atoms with E-state index in [0.717, 1.165) is 0 Å². The lowest BCUT2D eigenvalue weighted by Gasteiger charge is -2.15. The van der Waals surface area contributed by atoms with Gasteiger partial charge in [0.2, 0.25) is 5.78 Å². The third-order valence-electron chi connectivity index (χ3n) is 4.86. The highest BCUT2D eigenvalue weighted by atomic mass is 19.4. The van der Waals surface area contributed by atoms with Gasteiger partial charge in [-0.25, -0.2) is 14.8 Å². The Labute approximate surface area is 188 Å². The third kappa shape index (κ3) is 4.95. The molecule has 0 atom stereocenters. The predicted octanol–water partition coefficient (Wildman–Crippen LogP) is 6.39. The van der Waals surface area contributed by atoms with Crippen molar-refractivity contribution in [2.45, 2.75) is 19.3 Å². The van der Waals surface area contributed by atoms with Crippen LogP contribution in [0.4, 0.5) is 42.5 Å². The summed E-state index contributed by atoms with van der Waals surface area (Å²) in [6.45, 7) is 1.68. The summed E-state index contributed by atoms with van der Waals surface area (Å²) in [4.78, 5) is 20.9. The molecular weight excluding hydrogens is 464 g/mol. The maximum absolute atomic E-state index is 13.0. The Balaban J connectivity index is 1.59. The number of halogens is 6. The fourth-order valence-electron chi connectivity index (χ4n) is 3.20. The molecule has 0 bridgehead atoms. The second-order valence-corrected chi connectivity index (χ2v) is 7.36. The van der Waals surface area contributed by atoms with Crippen LogP contribution in [0.15, 0.2) is 61.1 Å². The van der Waals surface area contributed by atoms with Gasteiger partial charge in [-0.15, -0.1) is 0 Å². The minimum atomic E-state index is -5.03. The number of nitrogens with one attached hydrogen (secondary N) is 2. The maximum atomic E-state index is 13.0. The van der Waals surface area contributed by atoms with Gasteiger partial charge in [0.15, 0.2) is 0 Å². The van der Waals surface area contributed by atoms with Crippen LogP contribution in [0.3, 0.4) is 0 Å². The second kappa shape index (κ2) is 8.36. The summed E-state index contributed by atoms with van der Waals surface area (Å²) in [5.74, 6) is 0.454. The van der Waals surface area contributed by atoms with Crippen molar-refractivity contribution in [1.82, 2.24) is 14.4 Å². The number of imidazole rings is 1. The molecule has 2 amide bonds. The number of aromatic nitrogens is 3. The van der Waals surface area contributed by atoms with E-state index in [9.17, 15) is 31.1 Å². The molecule has 0 radical (unpaired) electrons. The van der Waals surface area contributed by atoms with E-state index >= 15 is 0 Å². The standard InChI is InChI=1S/C22H15F6N5O/c1-12-3-4-13(18-11-33-6-2-5-29-19(33)31-18)7-17(12)32-20(34)30-16-9-14(21(23,24)25)8-15(10-16)22(26,27)28/h2-11H,1H3,(H2,30,32,34). The first-order valence-corrected chi connectivity index (χ1v) is 9.68. The number of anilines is 2. The number of benzene rings is 2. The van der Waals surface area contributed by atoms with E-state index in [2.05, 4.69) is 15.3 Å². The van der Waals surface area contributed by atoms with Crippen molar-refractivity contribution in [2.24, 2.45) is 0 Å². The van der Waals surface area contributed by atoms with Crippen LogP contribution in [0.5, 0.6) is 0 Å². The molecule has 0 spiro atoms. The van der Waals surface area contributed by atoms with Crippen molar-refractivity contribution in [3.63, 3.8) is 0 Å². The van der Waals surface area contributed by atoms with Crippen molar-refractivity contribution in [3.05, 3.63) is 77.7 Å². The van der Waals surface area contributed by atoms with Crippen molar-refractivity contribution < 1.29 is 31.1 Å². The van der Waals surface area contributed by atoms with Gasteiger partial charge in [0, 0.05) is 35.5 Å². The molecule has 0 saturated heterocycles. The van der Waals surface area contributed by atoms with E-state index in [-0.39, 0.29) is 6.07 Å². The summed E-state index contributed by atoms with van der Waals surface area (Å²) in [5.41, 5.74) is -1.64. The van der Waals surface area contributed by atoms with Crippen molar-refractivity contribution in [1.29, 1.82) is 0 Å². The Hall–Kier alpha value is -4.09. The zero-order valence-corrected chi connectivity index (χ0v) is 17.3. The smallest absolute Gasteiger partial charge is 0.308 e. The number of carbonyl (C=O) groups excluding carboxylic acids is 1. The van der Waals surface area contributed by atoms with Gasteiger partial charge in [0.05, 0.1) is 16.8 Å². The summed E-state index contributed by atoms with van der Waals surface area (Å²) in [6.07, 6.45) is -5.00. The Kier molecular flexibility index (Phi) is 5.67. The van der Waals surface area contributed by atoms with Gasteiger partial charge in [-0.1, -0.05) is 12.1 Å². The van der Waals surface area contributed by atoms with Crippen LogP contribution in [0.25, 0.3) is 17.0 Å². The van der Waals surface area contributed by atoms with Gasteiger partial charge in [0.1, 0.15) is 0 Å². The zero-order chi connectivity index (χ0) is 24.7. The molecule has 2 N–H and O–H groups in total. The van der Waals surface area contributed by atoms with Gasteiger partial charge >= 0.3 is 18.4 Å². The normalized spacial score (nSPS) is 12.1. The Morgan fingerprint density at radius 1 is 0.941 bits per heavy atom. The quantitative estimate of drug-likeness (QED) is 0.335. The lowest BCUT2D eigenvalue weighted by Crippen LogP contribution is -2.21. The number of aryl methyl sites for hydroxylation is 1. The Morgan fingerprint density at radius 2 is 1.62 bits per heavy atom. The molecule has 2 aromatic carbocycles. The number of nitrogens with zero attached hydrogens (tertiary/aromatic N) is 3. The van der Waals surface area contributed by atoms with Gasteiger partial charge in [-0.2, -0.15) is 26.3 Å². The number of hydrogen-bond acceptors (Lipinski definition) is 3. The fraction of sp³-hybridized carbons (Fsp3) is 0.136. The molecule has 2 heterocycles. The largest absolute Gasteiger partial charge is 0.416 e. The van der Waals surface area contributed by atoms with Crippen LogP contribution >= 0.6 is 0 Å². The van der Waals surface area contributed by atoms with E-state index < -0.39 is 35.2 Å². The topological polar surface area (TPSA) is 71.3 Å².